The molecule has 0 aliphatic carbocycles. The van der Waals surface area contributed by atoms with Gasteiger partial charge in [-0.3, -0.25) is 4.79 Å². The maximum absolute atomic E-state index is 12.1. The van der Waals surface area contributed by atoms with E-state index in [0.29, 0.717) is 17.9 Å². The first kappa shape index (κ1) is 16.2. The Morgan fingerprint density at radius 1 is 1.08 bits per heavy atom. The molecule has 0 bridgehead atoms. The molecule has 1 amide bonds. The second-order valence-electron chi connectivity index (χ2n) is 5.29. The number of anilines is 1. The molecule has 3 aromatic rings. The fourth-order valence-corrected chi connectivity index (χ4v) is 3.35. The van der Waals surface area contributed by atoms with Gasteiger partial charge in [0.25, 0.3) is 0 Å². The van der Waals surface area contributed by atoms with Crippen LogP contribution in [0.2, 0.25) is 0 Å². The number of ether oxygens (including phenoxy) is 1. The summed E-state index contributed by atoms with van der Waals surface area (Å²) in [7, 11) is 0. The van der Waals surface area contributed by atoms with Crippen LogP contribution in [-0.4, -0.2) is 18.5 Å². The predicted octanol–water partition coefficient (Wildman–Crippen LogP) is 4.26. The molecule has 0 spiro atoms. The molecule has 1 aromatic heterocycles. The third-order valence-electron chi connectivity index (χ3n) is 3.48. The summed E-state index contributed by atoms with van der Waals surface area (Å²) < 4.78 is 6.01. The van der Waals surface area contributed by atoms with Crippen LogP contribution in [0.25, 0.3) is 10.1 Å². The topological polar surface area (TPSA) is 55.4 Å². The monoisotopic (exact) mass is 339 g/mol. The highest BCUT2D eigenvalue weighted by Gasteiger charge is 2.12. The summed E-state index contributed by atoms with van der Waals surface area (Å²) in [5.74, 6) is -0.380. The summed E-state index contributed by atoms with van der Waals surface area (Å²) in [6.45, 7) is 2.14. The molecule has 0 unspecified atom stereocenters. The maximum atomic E-state index is 12.1. The predicted molar refractivity (Wildman–Crippen MR) is 96.6 cm³/mol. The van der Waals surface area contributed by atoms with E-state index in [1.165, 1.54) is 11.3 Å². The Morgan fingerprint density at radius 3 is 2.62 bits per heavy atom. The number of hydrogen-bond acceptors (Lipinski definition) is 4. The summed E-state index contributed by atoms with van der Waals surface area (Å²) >= 11 is 1.39. The van der Waals surface area contributed by atoms with Gasteiger partial charge in [0.05, 0.1) is 13.0 Å². The number of rotatable bonds is 5. The molecule has 0 aliphatic rings. The molecule has 1 heterocycles. The van der Waals surface area contributed by atoms with Gasteiger partial charge in [-0.2, -0.15) is 0 Å². The van der Waals surface area contributed by atoms with Gasteiger partial charge < -0.3 is 10.1 Å². The number of benzene rings is 2. The zero-order valence-electron chi connectivity index (χ0n) is 13.2. The van der Waals surface area contributed by atoms with E-state index < -0.39 is 0 Å². The summed E-state index contributed by atoms with van der Waals surface area (Å²) in [6.07, 6.45) is 0.330. The minimum absolute atomic E-state index is 0.0682. The van der Waals surface area contributed by atoms with Gasteiger partial charge in [0.2, 0.25) is 5.91 Å². The Hall–Kier alpha value is -2.66. The zero-order chi connectivity index (χ0) is 16.9. The van der Waals surface area contributed by atoms with Crippen LogP contribution in [0.15, 0.2) is 54.6 Å². The van der Waals surface area contributed by atoms with Gasteiger partial charge in [-0.15, -0.1) is 11.3 Å². The third kappa shape index (κ3) is 3.81. The van der Waals surface area contributed by atoms with Crippen LogP contribution in [0.1, 0.15) is 22.2 Å². The van der Waals surface area contributed by atoms with Crippen LogP contribution in [0.3, 0.4) is 0 Å². The van der Waals surface area contributed by atoms with Gasteiger partial charge >= 0.3 is 5.97 Å². The van der Waals surface area contributed by atoms with Crippen molar-refractivity contribution >= 4 is 39.0 Å². The number of hydrogen-bond donors (Lipinski definition) is 1. The standard InChI is InChI=1S/C19H17NO3S/c1-2-23-19(22)17-12-14-11-15(8-9-16(14)24-17)20-18(21)10-13-6-4-3-5-7-13/h3-9,11-12H,2,10H2,1H3,(H,20,21). The number of fused-ring (bicyclic) bond motifs is 1. The maximum Gasteiger partial charge on any atom is 0.348 e. The second kappa shape index (κ2) is 7.27. The fourth-order valence-electron chi connectivity index (χ4n) is 2.41. The fraction of sp³-hybridized carbons (Fsp3) is 0.158. The molecular formula is C19H17NO3S. The highest BCUT2D eigenvalue weighted by Crippen LogP contribution is 2.28. The largest absolute Gasteiger partial charge is 0.462 e. The first-order chi connectivity index (χ1) is 11.7. The molecule has 4 nitrogen and oxygen atoms in total. The molecule has 24 heavy (non-hydrogen) atoms. The van der Waals surface area contributed by atoms with Crippen molar-refractivity contribution in [1.29, 1.82) is 0 Å². The molecule has 0 saturated heterocycles. The van der Waals surface area contributed by atoms with Gasteiger partial charge in [-0.25, -0.2) is 4.79 Å². The summed E-state index contributed by atoms with van der Waals surface area (Å²) in [5, 5.41) is 3.81. The van der Waals surface area contributed by atoms with E-state index in [-0.39, 0.29) is 11.9 Å². The SMILES string of the molecule is CCOC(=O)c1cc2cc(NC(=O)Cc3ccccc3)ccc2s1. The third-order valence-corrected chi connectivity index (χ3v) is 4.58. The Balaban J connectivity index is 1.73. The van der Waals surface area contributed by atoms with E-state index in [0.717, 1.165) is 21.3 Å². The van der Waals surface area contributed by atoms with Crippen LogP contribution in [0, 0.1) is 0 Å². The van der Waals surface area contributed by atoms with Crippen LogP contribution in [0.5, 0.6) is 0 Å². The van der Waals surface area contributed by atoms with Crippen LogP contribution in [0.4, 0.5) is 5.69 Å². The lowest BCUT2D eigenvalue weighted by atomic mass is 10.1. The highest BCUT2D eigenvalue weighted by molar-refractivity contribution is 7.20. The summed E-state index contributed by atoms with van der Waals surface area (Å²) in [4.78, 5) is 24.5. The number of nitrogens with one attached hydrogen (secondary N) is 1. The van der Waals surface area contributed by atoms with Gasteiger partial charge in [0.1, 0.15) is 4.88 Å². The zero-order valence-corrected chi connectivity index (χ0v) is 14.1. The average molecular weight is 339 g/mol. The van der Waals surface area contributed by atoms with Gasteiger partial charge in [0, 0.05) is 10.4 Å². The van der Waals surface area contributed by atoms with Crippen molar-refractivity contribution in [3.8, 4) is 0 Å². The number of esters is 1. The van der Waals surface area contributed by atoms with Gasteiger partial charge in [0.15, 0.2) is 0 Å². The molecule has 2 aromatic carbocycles. The molecule has 5 heteroatoms. The number of carbonyl (C=O) groups excluding carboxylic acids is 2. The van der Waals surface area contributed by atoms with Crippen LogP contribution >= 0.6 is 11.3 Å². The minimum atomic E-state index is -0.312. The molecular weight excluding hydrogens is 322 g/mol. The number of amides is 1. The molecule has 122 valence electrons. The Morgan fingerprint density at radius 2 is 1.88 bits per heavy atom. The Kier molecular flexibility index (Phi) is 4.91. The highest BCUT2D eigenvalue weighted by atomic mass is 32.1. The average Bonchev–Trinajstić information content (AvgIpc) is 2.99. The lowest BCUT2D eigenvalue weighted by Crippen LogP contribution is -2.14. The van der Waals surface area contributed by atoms with E-state index >= 15 is 0 Å². The molecule has 0 aliphatic heterocycles. The Bertz CT molecular complexity index is 871. The Labute approximate surface area is 144 Å². The quantitative estimate of drug-likeness (QED) is 0.707. The lowest BCUT2D eigenvalue weighted by molar-refractivity contribution is -0.115. The molecule has 0 atom stereocenters. The van der Waals surface area contributed by atoms with Crippen LogP contribution < -0.4 is 5.32 Å². The van der Waals surface area contributed by atoms with Gasteiger partial charge in [-0.1, -0.05) is 30.3 Å². The lowest BCUT2D eigenvalue weighted by Gasteiger charge is -2.05. The second-order valence-corrected chi connectivity index (χ2v) is 6.38. The molecule has 0 saturated carbocycles. The molecule has 3 rings (SSSR count). The number of carbonyl (C=O) groups is 2. The van der Waals surface area contributed by atoms with Crippen molar-refractivity contribution in [3.63, 3.8) is 0 Å². The summed E-state index contributed by atoms with van der Waals surface area (Å²) in [6, 6.07) is 17.0. The molecule has 1 N–H and O–H groups in total. The van der Waals surface area contributed by atoms with Crippen molar-refractivity contribution in [2.75, 3.05) is 11.9 Å². The summed E-state index contributed by atoms with van der Waals surface area (Å²) in [5.41, 5.74) is 1.69. The van der Waals surface area contributed by atoms with E-state index in [2.05, 4.69) is 5.32 Å². The van der Waals surface area contributed by atoms with Gasteiger partial charge in [-0.05, 0) is 42.1 Å². The van der Waals surface area contributed by atoms with Crippen molar-refractivity contribution < 1.29 is 14.3 Å². The van der Waals surface area contributed by atoms with E-state index in [1.807, 2.05) is 48.5 Å². The first-order valence-electron chi connectivity index (χ1n) is 7.70. The first-order valence-corrected chi connectivity index (χ1v) is 8.52. The van der Waals surface area contributed by atoms with Crippen molar-refractivity contribution in [3.05, 3.63) is 65.0 Å². The normalized spacial score (nSPS) is 10.5. The van der Waals surface area contributed by atoms with E-state index in [9.17, 15) is 9.59 Å². The smallest absolute Gasteiger partial charge is 0.348 e. The minimum Gasteiger partial charge on any atom is -0.462 e. The van der Waals surface area contributed by atoms with E-state index in [1.54, 1.807) is 13.0 Å². The van der Waals surface area contributed by atoms with Crippen LogP contribution in [-0.2, 0) is 16.0 Å². The molecule has 0 radical (unpaired) electrons. The van der Waals surface area contributed by atoms with Crippen molar-refractivity contribution in [2.24, 2.45) is 0 Å². The van der Waals surface area contributed by atoms with Crippen molar-refractivity contribution in [1.82, 2.24) is 0 Å². The van der Waals surface area contributed by atoms with E-state index in [4.69, 9.17) is 4.74 Å². The van der Waals surface area contributed by atoms with Crippen molar-refractivity contribution in [2.45, 2.75) is 13.3 Å². The molecule has 0 fully saturated rings. The number of thiophene rings is 1.